The molecule has 0 aromatic heterocycles. The molecule has 0 spiro atoms. The van der Waals surface area contributed by atoms with Crippen molar-refractivity contribution in [2.24, 2.45) is 0 Å². The highest BCUT2D eigenvalue weighted by atomic mass is 32.2. The summed E-state index contributed by atoms with van der Waals surface area (Å²) in [6.07, 6.45) is -0.550. The maximum Gasteiger partial charge on any atom is 0.408 e. The molecule has 1 N–H and O–H groups in total. The minimum Gasteiger partial charge on any atom is -0.444 e. The molecule has 0 fully saturated rings. The largest absolute Gasteiger partial charge is 0.444 e. The van der Waals surface area contributed by atoms with Crippen molar-refractivity contribution in [2.45, 2.75) is 37.3 Å². The molecule has 1 unspecified atom stereocenters. The maximum atomic E-state index is 12.2. The minimum absolute atomic E-state index is 0.0554. The van der Waals surface area contributed by atoms with Gasteiger partial charge in [0.1, 0.15) is 11.6 Å². The van der Waals surface area contributed by atoms with Crippen molar-refractivity contribution in [2.75, 3.05) is 5.75 Å². The fraction of sp³-hybridized carbons (Fsp3) is 0.429. The van der Waals surface area contributed by atoms with E-state index in [-0.39, 0.29) is 5.78 Å². The Morgan fingerprint density at radius 2 is 2.05 bits per heavy atom. The fourth-order valence-corrected chi connectivity index (χ4v) is 2.87. The van der Waals surface area contributed by atoms with Gasteiger partial charge in [-0.3, -0.25) is 4.79 Å². The van der Waals surface area contributed by atoms with Crippen LogP contribution >= 0.6 is 11.8 Å². The number of carbonyl (C=O) groups is 2. The van der Waals surface area contributed by atoms with Gasteiger partial charge < -0.3 is 10.1 Å². The van der Waals surface area contributed by atoms with Crippen molar-refractivity contribution in [1.82, 2.24) is 5.32 Å². The molecular formula is C14H17NO3S. The van der Waals surface area contributed by atoms with Crippen LogP contribution in [0.4, 0.5) is 4.79 Å². The molecule has 1 aromatic rings. The number of nitrogens with one attached hydrogen (secondary N) is 1. The van der Waals surface area contributed by atoms with Crippen LogP contribution in [0.25, 0.3) is 0 Å². The lowest BCUT2D eigenvalue weighted by molar-refractivity contribution is 0.0497. The maximum absolute atomic E-state index is 12.2. The molecule has 1 heterocycles. The van der Waals surface area contributed by atoms with Crippen LogP contribution in [0.15, 0.2) is 29.2 Å². The average molecular weight is 279 g/mol. The molecule has 1 amide bonds. The molecule has 1 atom stereocenters. The molecule has 0 saturated heterocycles. The normalized spacial score (nSPS) is 18.7. The summed E-state index contributed by atoms with van der Waals surface area (Å²) in [6, 6.07) is 6.91. The van der Waals surface area contributed by atoms with Crippen molar-refractivity contribution in [1.29, 1.82) is 0 Å². The number of amides is 1. The van der Waals surface area contributed by atoms with Gasteiger partial charge in [0.2, 0.25) is 0 Å². The molecular weight excluding hydrogens is 262 g/mol. The quantitative estimate of drug-likeness (QED) is 0.859. The summed E-state index contributed by atoms with van der Waals surface area (Å²) < 4.78 is 5.17. The number of Topliss-reactive ketones (excluding diaryl/α,β-unsaturated/α-hetero) is 1. The number of thioether (sulfide) groups is 1. The molecule has 2 rings (SSSR count). The van der Waals surface area contributed by atoms with Crippen LogP contribution < -0.4 is 5.32 Å². The predicted molar refractivity (Wildman–Crippen MR) is 74.7 cm³/mol. The van der Waals surface area contributed by atoms with Crippen LogP contribution in [0.2, 0.25) is 0 Å². The van der Waals surface area contributed by atoms with Gasteiger partial charge in [-0.1, -0.05) is 18.2 Å². The molecule has 0 radical (unpaired) electrons. The first kappa shape index (κ1) is 13.9. The van der Waals surface area contributed by atoms with E-state index in [4.69, 9.17) is 4.74 Å². The van der Waals surface area contributed by atoms with Gasteiger partial charge in [-0.05, 0) is 26.8 Å². The van der Waals surface area contributed by atoms with Crippen molar-refractivity contribution in [3.8, 4) is 0 Å². The number of ether oxygens (including phenoxy) is 1. The van der Waals surface area contributed by atoms with E-state index >= 15 is 0 Å². The SMILES string of the molecule is CC(C)(C)OC(=O)NC1CSc2ccccc2C1=O. The van der Waals surface area contributed by atoms with Gasteiger partial charge in [0.25, 0.3) is 0 Å². The Bertz CT molecular complexity index is 508. The molecule has 102 valence electrons. The third-order valence-corrected chi connectivity index (χ3v) is 3.73. The molecule has 1 aromatic carbocycles. The molecule has 1 aliphatic heterocycles. The molecule has 0 saturated carbocycles. The number of rotatable bonds is 1. The Morgan fingerprint density at radius 1 is 1.37 bits per heavy atom. The van der Waals surface area contributed by atoms with Crippen molar-refractivity contribution < 1.29 is 14.3 Å². The van der Waals surface area contributed by atoms with E-state index in [1.807, 2.05) is 18.2 Å². The van der Waals surface area contributed by atoms with Gasteiger partial charge in [-0.2, -0.15) is 0 Å². The first-order chi connectivity index (χ1) is 8.87. The third-order valence-electron chi connectivity index (χ3n) is 2.57. The predicted octanol–water partition coefficient (Wildman–Crippen LogP) is 2.87. The van der Waals surface area contributed by atoms with Gasteiger partial charge in [-0.15, -0.1) is 11.8 Å². The molecule has 1 aliphatic rings. The second kappa shape index (κ2) is 5.25. The Kier molecular flexibility index (Phi) is 3.85. The van der Waals surface area contributed by atoms with E-state index in [0.29, 0.717) is 11.3 Å². The Morgan fingerprint density at radius 3 is 2.74 bits per heavy atom. The van der Waals surface area contributed by atoms with Crippen LogP contribution in [0, 0.1) is 0 Å². The van der Waals surface area contributed by atoms with Gasteiger partial charge in [0.15, 0.2) is 5.78 Å². The first-order valence-corrected chi connectivity index (χ1v) is 7.11. The van der Waals surface area contributed by atoms with E-state index in [1.54, 1.807) is 38.6 Å². The topological polar surface area (TPSA) is 55.4 Å². The zero-order valence-corrected chi connectivity index (χ0v) is 12.0. The van der Waals surface area contributed by atoms with Gasteiger partial charge >= 0.3 is 6.09 Å². The smallest absolute Gasteiger partial charge is 0.408 e. The van der Waals surface area contributed by atoms with Crippen molar-refractivity contribution in [3.05, 3.63) is 29.8 Å². The van der Waals surface area contributed by atoms with Crippen LogP contribution in [-0.4, -0.2) is 29.3 Å². The Hall–Kier alpha value is -1.49. The summed E-state index contributed by atoms with van der Waals surface area (Å²) in [5.41, 5.74) is 0.104. The lowest BCUT2D eigenvalue weighted by atomic mass is 10.0. The van der Waals surface area contributed by atoms with Crippen LogP contribution in [0.3, 0.4) is 0 Å². The fourth-order valence-electron chi connectivity index (χ4n) is 1.79. The molecule has 4 nitrogen and oxygen atoms in total. The monoisotopic (exact) mass is 279 g/mol. The number of ketones is 1. The summed E-state index contributed by atoms with van der Waals surface area (Å²) in [5, 5.41) is 2.63. The van der Waals surface area contributed by atoms with Crippen LogP contribution in [0.5, 0.6) is 0 Å². The summed E-state index contributed by atoms with van der Waals surface area (Å²) in [5.74, 6) is 0.481. The number of alkyl carbamates (subject to hydrolysis) is 1. The summed E-state index contributed by atoms with van der Waals surface area (Å²) in [6.45, 7) is 5.37. The summed E-state index contributed by atoms with van der Waals surface area (Å²) >= 11 is 1.57. The highest BCUT2D eigenvalue weighted by Gasteiger charge is 2.30. The lowest BCUT2D eigenvalue weighted by Gasteiger charge is -2.26. The Labute approximate surface area is 116 Å². The number of hydrogen-bond donors (Lipinski definition) is 1. The van der Waals surface area contributed by atoms with Gasteiger partial charge in [0, 0.05) is 16.2 Å². The highest BCUT2D eigenvalue weighted by molar-refractivity contribution is 7.99. The molecule has 19 heavy (non-hydrogen) atoms. The molecule has 0 bridgehead atoms. The van der Waals surface area contributed by atoms with E-state index in [1.165, 1.54) is 0 Å². The first-order valence-electron chi connectivity index (χ1n) is 6.12. The van der Waals surface area contributed by atoms with E-state index in [9.17, 15) is 9.59 Å². The van der Waals surface area contributed by atoms with Crippen LogP contribution in [-0.2, 0) is 4.74 Å². The van der Waals surface area contributed by atoms with E-state index < -0.39 is 17.7 Å². The van der Waals surface area contributed by atoms with E-state index in [2.05, 4.69) is 5.32 Å². The van der Waals surface area contributed by atoms with Crippen LogP contribution in [0.1, 0.15) is 31.1 Å². The Balaban J connectivity index is 2.05. The number of carbonyl (C=O) groups excluding carboxylic acids is 2. The zero-order valence-electron chi connectivity index (χ0n) is 11.2. The van der Waals surface area contributed by atoms with E-state index in [0.717, 1.165) is 4.90 Å². The summed E-state index contributed by atoms with van der Waals surface area (Å²) in [4.78, 5) is 24.9. The molecule has 0 aliphatic carbocycles. The third kappa shape index (κ3) is 3.50. The summed E-state index contributed by atoms with van der Waals surface area (Å²) in [7, 11) is 0. The van der Waals surface area contributed by atoms with Crippen molar-refractivity contribution in [3.63, 3.8) is 0 Å². The van der Waals surface area contributed by atoms with Gasteiger partial charge in [0.05, 0.1) is 0 Å². The number of hydrogen-bond acceptors (Lipinski definition) is 4. The zero-order chi connectivity index (χ0) is 14.0. The molecule has 5 heteroatoms. The second-order valence-corrected chi connectivity index (χ2v) is 6.43. The lowest BCUT2D eigenvalue weighted by Crippen LogP contribution is -2.46. The second-order valence-electron chi connectivity index (χ2n) is 5.37. The minimum atomic E-state index is -0.563. The van der Waals surface area contributed by atoms with Crippen molar-refractivity contribution >= 4 is 23.6 Å². The number of benzene rings is 1. The number of fused-ring (bicyclic) bond motifs is 1. The average Bonchev–Trinajstić information content (AvgIpc) is 2.31. The van der Waals surface area contributed by atoms with Gasteiger partial charge in [-0.25, -0.2) is 4.79 Å². The highest BCUT2D eigenvalue weighted by Crippen LogP contribution is 2.29. The standard InChI is InChI=1S/C14H17NO3S/c1-14(2,3)18-13(17)15-10-8-19-11-7-5-4-6-9(11)12(10)16/h4-7,10H,8H2,1-3H3,(H,15,17).